The first-order valence-electron chi connectivity index (χ1n) is 8.57. The topological polar surface area (TPSA) is 93.7 Å². The van der Waals surface area contributed by atoms with Crippen LogP contribution in [0, 0.1) is 0 Å². The van der Waals surface area contributed by atoms with Crippen LogP contribution in [0.2, 0.25) is 0 Å². The third-order valence-corrected chi connectivity index (χ3v) is 3.77. The summed E-state index contributed by atoms with van der Waals surface area (Å²) in [6.45, 7) is 1.67. The van der Waals surface area contributed by atoms with Crippen LogP contribution in [0.5, 0.6) is 5.75 Å². The highest BCUT2D eigenvalue weighted by molar-refractivity contribution is 5.92. The molecule has 2 N–H and O–H groups in total. The minimum Gasteiger partial charge on any atom is -0.497 e. The molecule has 1 aliphatic carbocycles. The molecule has 7 heteroatoms. The van der Waals surface area contributed by atoms with Crippen molar-refractivity contribution in [2.75, 3.05) is 13.7 Å². The maximum atomic E-state index is 11.7. The summed E-state index contributed by atoms with van der Waals surface area (Å²) in [5, 5.41) is 5.37. The molecule has 7 nitrogen and oxygen atoms in total. The van der Waals surface area contributed by atoms with E-state index in [1.165, 1.54) is 13.0 Å². The molecule has 1 aromatic carbocycles. The number of benzene rings is 1. The van der Waals surface area contributed by atoms with Gasteiger partial charge in [-0.2, -0.15) is 0 Å². The average molecular weight is 360 g/mol. The molecule has 1 atom stereocenters. The number of methoxy groups -OCH3 is 1. The average Bonchev–Trinajstić information content (AvgIpc) is 3.44. The Balaban J connectivity index is 1.64. The molecule has 0 heterocycles. The molecule has 0 aliphatic heterocycles. The summed E-state index contributed by atoms with van der Waals surface area (Å²) >= 11 is 0. The molecule has 2 rings (SSSR count). The molecule has 0 unspecified atom stereocenters. The van der Waals surface area contributed by atoms with E-state index in [4.69, 9.17) is 9.47 Å². The number of amides is 2. The lowest BCUT2D eigenvalue weighted by Crippen LogP contribution is -2.37. The molecule has 0 aromatic heterocycles. The minimum atomic E-state index is -0.825. The number of carbonyl (C=O) groups is 3. The molecule has 140 valence electrons. The number of rotatable bonds is 9. The fourth-order valence-electron chi connectivity index (χ4n) is 2.09. The van der Waals surface area contributed by atoms with Crippen LogP contribution in [0.1, 0.15) is 31.7 Å². The normalized spacial score (nSPS) is 14.5. The summed E-state index contributed by atoms with van der Waals surface area (Å²) in [7, 11) is 1.59. The van der Waals surface area contributed by atoms with Gasteiger partial charge in [0.15, 0.2) is 6.10 Å². The van der Waals surface area contributed by atoms with Gasteiger partial charge in [-0.05, 0) is 43.5 Å². The molecular formula is C19H24N2O5. The van der Waals surface area contributed by atoms with Gasteiger partial charge in [0.25, 0.3) is 5.91 Å². The molecule has 0 spiro atoms. The van der Waals surface area contributed by atoms with Crippen molar-refractivity contribution in [1.29, 1.82) is 0 Å². The second kappa shape index (κ2) is 9.60. The maximum absolute atomic E-state index is 11.7. The summed E-state index contributed by atoms with van der Waals surface area (Å²) in [6, 6.07) is 7.48. The van der Waals surface area contributed by atoms with Crippen molar-refractivity contribution in [3.05, 3.63) is 35.9 Å². The van der Waals surface area contributed by atoms with Crippen LogP contribution in [0.25, 0.3) is 6.08 Å². The minimum absolute atomic E-state index is 0.00314. The quantitative estimate of drug-likeness (QED) is 0.513. The first kappa shape index (κ1) is 19.5. The number of hydrogen-bond acceptors (Lipinski definition) is 5. The molecule has 0 radical (unpaired) electrons. The standard InChI is InChI=1S/C19H24N2O5/c1-13(19(24)21-15-6-7-15)26-18(23)11-12-20-17(22)10-5-14-3-8-16(25-2)9-4-14/h3-5,8-10,13,15H,6-7,11-12H2,1-2H3,(H,20,22)(H,21,24)/b10-5+/t13-/m0/s1. The van der Waals surface area contributed by atoms with Crippen molar-refractivity contribution in [2.24, 2.45) is 0 Å². The van der Waals surface area contributed by atoms with Crippen LogP contribution in [-0.4, -0.2) is 43.6 Å². The van der Waals surface area contributed by atoms with Crippen LogP contribution in [0.3, 0.4) is 0 Å². The monoisotopic (exact) mass is 360 g/mol. The summed E-state index contributed by atoms with van der Waals surface area (Å²) in [4.78, 5) is 35.1. The van der Waals surface area contributed by atoms with Gasteiger partial charge in [0, 0.05) is 18.7 Å². The Morgan fingerprint density at radius 3 is 2.54 bits per heavy atom. The molecule has 2 amide bonds. The smallest absolute Gasteiger partial charge is 0.308 e. The molecule has 1 aliphatic rings. The Morgan fingerprint density at radius 2 is 1.92 bits per heavy atom. The van der Waals surface area contributed by atoms with E-state index in [-0.39, 0.29) is 30.8 Å². The van der Waals surface area contributed by atoms with Gasteiger partial charge in [-0.1, -0.05) is 12.1 Å². The molecule has 26 heavy (non-hydrogen) atoms. The van der Waals surface area contributed by atoms with Gasteiger partial charge < -0.3 is 20.1 Å². The Labute approximate surface area is 152 Å². The highest BCUT2D eigenvalue weighted by Gasteiger charge is 2.27. The molecule has 1 fully saturated rings. The lowest BCUT2D eigenvalue weighted by molar-refractivity contribution is -0.154. The summed E-state index contributed by atoms with van der Waals surface area (Å²) in [5.74, 6) is -0.381. The third-order valence-electron chi connectivity index (χ3n) is 3.77. The van der Waals surface area contributed by atoms with Crippen molar-refractivity contribution < 1.29 is 23.9 Å². The zero-order valence-corrected chi connectivity index (χ0v) is 15.0. The van der Waals surface area contributed by atoms with E-state index in [1.807, 2.05) is 12.1 Å². The van der Waals surface area contributed by atoms with Gasteiger partial charge in [-0.3, -0.25) is 14.4 Å². The lowest BCUT2D eigenvalue weighted by atomic mass is 10.2. The van der Waals surface area contributed by atoms with Crippen molar-refractivity contribution in [2.45, 2.75) is 38.3 Å². The highest BCUT2D eigenvalue weighted by atomic mass is 16.5. The zero-order chi connectivity index (χ0) is 18.9. The van der Waals surface area contributed by atoms with Crippen molar-refractivity contribution >= 4 is 23.9 Å². The predicted octanol–water partition coefficient (Wildman–Crippen LogP) is 1.42. The molecule has 0 bridgehead atoms. The van der Waals surface area contributed by atoms with Crippen LogP contribution in [0.15, 0.2) is 30.3 Å². The van der Waals surface area contributed by atoms with Gasteiger partial charge in [0.1, 0.15) is 5.75 Å². The Bertz CT molecular complexity index is 665. The number of carbonyl (C=O) groups excluding carboxylic acids is 3. The fraction of sp³-hybridized carbons (Fsp3) is 0.421. The fourth-order valence-corrected chi connectivity index (χ4v) is 2.09. The second-order valence-corrected chi connectivity index (χ2v) is 6.06. The lowest BCUT2D eigenvalue weighted by Gasteiger charge is -2.13. The molecule has 1 aromatic rings. The van der Waals surface area contributed by atoms with Crippen molar-refractivity contribution in [3.8, 4) is 5.75 Å². The Kier molecular flexibility index (Phi) is 7.20. The first-order chi connectivity index (χ1) is 12.5. The predicted molar refractivity (Wildman–Crippen MR) is 96.4 cm³/mol. The van der Waals surface area contributed by atoms with E-state index in [0.29, 0.717) is 0 Å². The van der Waals surface area contributed by atoms with Gasteiger partial charge in [-0.25, -0.2) is 0 Å². The maximum Gasteiger partial charge on any atom is 0.308 e. The molecule has 1 saturated carbocycles. The van der Waals surface area contributed by atoms with E-state index in [2.05, 4.69) is 10.6 Å². The van der Waals surface area contributed by atoms with Gasteiger partial charge >= 0.3 is 5.97 Å². The van der Waals surface area contributed by atoms with Crippen LogP contribution >= 0.6 is 0 Å². The van der Waals surface area contributed by atoms with Crippen LogP contribution < -0.4 is 15.4 Å². The third kappa shape index (κ3) is 6.96. The van der Waals surface area contributed by atoms with Crippen LogP contribution in [0.4, 0.5) is 0 Å². The van der Waals surface area contributed by atoms with E-state index in [9.17, 15) is 14.4 Å². The molecular weight excluding hydrogens is 336 g/mol. The Hall–Kier alpha value is -2.83. The Morgan fingerprint density at radius 1 is 1.23 bits per heavy atom. The summed E-state index contributed by atoms with van der Waals surface area (Å²) in [6.07, 6.45) is 4.18. The summed E-state index contributed by atoms with van der Waals surface area (Å²) in [5.41, 5.74) is 0.857. The number of ether oxygens (including phenoxy) is 2. The molecule has 0 saturated heterocycles. The number of nitrogens with one attached hydrogen (secondary N) is 2. The summed E-state index contributed by atoms with van der Waals surface area (Å²) < 4.78 is 10.1. The largest absolute Gasteiger partial charge is 0.497 e. The number of esters is 1. The SMILES string of the molecule is COc1ccc(/C=C/C(=O)NCCC(=O)O[C@@H](C)C(=O)NC2CC2)cc1. The number of hydrogen-bond donors (Lipinski definition) is 2. The second-order valence-electron chi connectivity index (χ2n) is 6.06. The zero-order valence-electron chi connectivity index (χ0n) is 15.0. The van der Waals surface area contributed by atoms with Gasteiger partial charge in [-0.15, -0.1) is 0 Å². The van der Waals surface area contributed by atoms with Gasteiger partial charge in [0.2, 0.25) is 5.91 Å². The van der Waals surface area contributed by atoms with E-state index >= 15 is 0 Å². The van der Waals surface area contributed by atoms with Crippen molar-refractivity contribution in [3.63, 3.8) is 0 Å². The van der Waals surface area contributed by atoms with Crippen molar-refractivity contribution in [1.82, 2.24) is 10.6 Å². The van der Waals surface area contributed by atoms with E-state index < -0.39 is 12.1 Å². The highest BCUT2D eigenvalue weighted by Crippen LogP contribution is 2.18. The van der Waals surface area contributed by atoms with E-state index in [1.54, 1.807) is 25.3 Å². The van der Waals surface area contributed by atoms with E-state index in [0.717, 1.165) is 24.2 Å². The van der Waals surface area contributed by atoms with Crippen LogP contribution in [-0.2, 0) is 19.1 Å². The van der Waals surface area contributed by atoms with Gasteiger partial charge in [0.05, 0.1) is 13.5 Å². The first-order valence-corrected chi connectivity index (χ1v) is 8.57.